The summed E-state index contributed by atoms with van der Waals surface area (Å²) in [5.41, 5.74) is 2.64. The van der Waals surface area contributed by atoms with Crippen LogP contribution in [0, 0.1) is 11.8 Å². The average Bonchev–Trinajstić information content (AvgIpc) is 2.88. The number of carbonyl (C=O) groups excluding carboxylic acids is 1. The fourth-order valence-electron chi connectivity index (χ4n) is 3.81. The molecule has 1 aliphatic heterocycles. The molecule has 0 saturated heterocycles. The molecule has 35 heavy (non-hydrogen) atoms. The van der Waals surface area contributed by atoms with E-state index in [-0.39, 0.29) is 12.5 Å². The Balaban J connectivity index is 1.49. The maximum atomic E-state index is 12.0. The third-order valence-electron chi connectivity index (χ3n) is 5.61. The number of aliphatic hydroxyl groups is 1. The Morgan fingerprint density at radius 3 is 2.60 bits per heavy atom. The van der Waals surface area contributed by atoms with Gasteiger partial charge in [0.25, 0.3) is 0 Å². The predicted molar refractivity (Wildman–Crippen MR) is 135 cm³/mol. The quantitative estimate of drug-likeness (QED) is 0.298. The van der Waals surface area contributed by atoms with Crippen LogP contribution in [0.1, 0.15) is 30.9 Å². The lowest BCUT2D eigenvalue weighted by Gasteiger charge is -2.23. The van der Waals surface area contributed by atoms with Crippen molar-refractivity contribution in [3.8, 4) is 34.8 Å². The van der Waals surface area contributed by atoms with Crippen molar-refractivity contribution >= 4 is 11.6 Å². The number of fused-ring (bicyclic) bond motifs is 1. The van der Waals surface area contributed by atoms with E-state index in [1.165, 1.54) is 0 Å². The molecule has 1 aliphatic rings. The van der Waals surface area contributed by atoms with Gasteiger partial charge in [0, 0.05) is 24.9 Å². The van der Waals surface area contributed by atoms with Gasteiger partial charge >= 0.3 is 0 Å². The van der Waals surface area contributed by atoms with Crippen molar-refractivity contribution in [3.63, 3.8) is 0 Å². The van der Waals surface area contributed by atoms with Gasteiger partial charge in [-0.2, -0.15) is 0 Å². The summed E-state index contributed by atoms with van der Waals surface area (Å²) < 4.78 is 22.3. The van der Waals surface area contributed by atoms with Gasteiger partial charge in [-0.25, -0.2) is 0 Å². The number of aliphatic hydroxyl groups excluding tert-OH is 1. The van der Waals surface area contributed by atoms with Crippen molar-refractivity contribution in [1.29, 1.82) is 0 Å². The molecule has 8 nitrogen and oxygen atoms in total. The van der Waals surface area contributed by atoms with Crippen LogP contribution in [-0.4, -0.2) is 57.6 Å². The van der Waals surface area contributed by atoms with Crippen molar-refractivity contribution in [2.75, 3.05) is 45.8 Å². The van der Waals surface area contributed by atoms with Crippen LogP contribution in [0.2, 0.25) is 0 Å². The molecule has 3 N–H and O–H groups in total. The van der Waals surface area contributed by atoms with Crippen molar-refractivity contribution < 1.29 is 28.8 Å². The van der Waals surface area contributed by atoms with Crippen LogP contribution < -0.4 is 29.6 Å². The molecule has 8 heteroatoms. The zero-order chi connectivity index (χ0) is 25.0. The summed E-state index contributed by atoms with van der Waals surface area (Å²) in [5, 5.41) is 16.5. The molecule has 1 atom stereocenters. The smallest absolute Gasteiger partial charge is 0.224 e. The highest BCUT2D eigenvalue weighted by molar-refractivity contribution is 5.96. The summed E-state index contributed by atoms with van der Waals surface area (Å²) in [6.07, 6.45) is 1.66. The largest absolute Gasteiger partial charge is 0.493 e. The number of hydrogen-bond acceptors (Lipinski definition) is 7. The Hall–Kier alpha value is -3.41. The highest BCUT2D eigenvalue weighted by Crippen LogP contribution is 2.39. The molecule has 188 valence electrons. The molecule has 1 unspecified atom stereocenters. The van der Waals surface area contributed by atoms with Gasteiger partial charge in [0.05, 0.1) is 26.5 Å². The van der Waals surface area contributed by atoms with Crippen LogP contribution in [0.5, 0.6) is 23.0 Å². The second-order valence-electron chi connectivity index (χ2n) is 8.10. The molecule has 2 aromatic carbocycles. The maximum Gasteiger partial charge on any atom is 0.224 e. The monoisotopic (exact) mass is 482 g/mol. The third-order valence-corrected chi connectivity index (χ3v) is 5.61. The number of carbonyl (C=O) groups is 1. The Kier molecular flexibility index (Phi) is 10.1. The molecular formula is C27H34N2O6. The fourth-order valence-corrected chi connectivity index (χ4v) is 3.81. The van der Waals surface area contributed by atoms with Crippen LogP contribution in [0.15, 0.2) is 30.3 Å². The van der Waals surface area contributed by atoms with Gasteiger partial charge in [-0.1, -0.05) is 6.07 Å². The lowest BCUT2D eigenvalue weighted by Crippen LogP contribution is -2.32. The second kappa shape index (κ2) is 13.5. The van der Waals surface area contributed by atoms with Gasteiger partial charge in [-0.15, -0.1) is 11.8 Å². The number of methoxy groups -OCH3 is 2. The minimum absolute atomic E-state index is 0.0495. The molecule has 0 aromatic heterocycles. The fraction of sp³-hybridized carbons (Fsp3) is 0.444. The summed E-state index contributed by atoms with van der Waals surface area (Å²) in [4.78, 5) is 12.0. The van der Waals surface area contributed by atoms with Crippen LogP contribution in [0.4, 0.5) is 5.69 Å². The molecule has 0 radical (unpaired) electrons. The van der Waals surface area contributed by atoms with Gasteiger partial charge in [-0.3, -0.25) is 4.79 Å². The Labute approximate surface area is 206 Å². The molecule has 2 aromatic rings. The first-order valence-corrected chi connectivity index (χ1v) is 11.8. The summed E-state index contributed by atoms with van der Waals surface area (Å²) >= 11 is 0. The topological polar surface area (TPSA) is 98.3 Å². The normalized spacial score (nSPS) is 13.1. The Morgan fingerprint density at radius 1 is 1.06 bits per heavy atom. The maximum absolute atomic E-state index is 12.0. The molecule has 0 saturated carbocycles. The lowest BCUT2D eigenvalue weighted by molar-refractivity contribution is -0.116. The minimum atomic E-state index is -0.683. The highest BCUT2D eigenvalue weighted by atomic mass is 16.5. The van der Waals surface area contributed by atoms with E-state index in [4.69, 9.17) is 18.9 Å². The predicted octanol–water partition coefficient (Wildman–Crippen LogP) is 2.95. The van der Waals surface area contributed by atoms with Gasteiger partial charge in [-0.05, 0) is 56.1 Å². The van der Waals surface area contributed by atoms with Gasteiger partial charge in [0.1, 0.15) is 24.2 Å². The van der Waals surface area contributed by atoms with E-state index in [0.29, 0.717) is 67.6 Å². The summed E-state index contributed by atoms with van der Waals surface area (Å²) in [5.74, 6) is 8.39. The van der Waals surface area contributed by atoms with Gasteiger partial charge < -0.3 is 34.7 Å². The van der Waals surface area contributed by atoms with Gasteiger partial charge in [0.15, 0.2) is 11.5 Å². The number of nitrogens with one attached hydrogen (secondary N) is 2. The minimum Gasteiger partial charge on any atom is -0.493 e. The number of hydrogen-bond donors (Lipinski definition) is 3. The summed E-state index contributed by atoms with van der Waals surface area (Å²) in [6, 6.07) is 9.44. The number of amides is 1. The van der Waals surface area contributed by atoms with Crippen molar-refractivity contribution in [3.05, 3.63) is 41.5 Å². The van der Waals surface area contributed by atoms with E-state index >= 15 is 0 Å². The highest BCUT2D eigenvalue weighted by Gasteiger charge is 2.23. The molecule has 1 amide bonds. The van der Waals surface area contributed by atoms with E-state index in [0.717, 1.165) is 17.5 Å². The first-order valence-electron chi connectivity index (χ1n) is 11.8. The zero-order valence-electron chi connectivity index (χ0n) is 20.6. The number of anilines is 1. The average molecular weight is 483 g/mol. The number of ether oxygens (including phenoxy) is 4. The summed E-state index contributed by atoms with van der Waals surface area (Å²) in [6.45, 7) is 3.46. The van der Waals surface area contributed by atoms with Crippen molar-refractivity contribution in [1.82, 2.24) is 5.32 Å². The Bertz CT molecular complexity index is 1060. The van der Waals surface area contributed by atoms with E-state index in [9.17, 15) is 9.90 Å². The van der Waals surface area contributed by atoms with Crippen LogP contribution in [0.25, 0.3) is 0 Å². The molecule has 3 rings (SSSR count). The third kappa shape index (κ3) is 7.54. The number of rotatable bonds is 13. The molecule has 1 heterocycles. The van der Waals surface area contributed by atoms with E-state index in [1.54, 1.807) is 27.2 Å². The molecule has 0 bridgehead atoms. The van der Waals surface area contributed by atoms with E-state index in [2.05, 4.69) is 22.5 Å². The van der Waals surface area contributed by atoms with Crippen molar-refractivity contribution in [2.24, 2.45) is 0 Å². The van der Waals surface area contributed by atoms with Crippen LogP contribution in [0.3, 0.4) is 0 Å². The zero-order valence-corrected chi connectivity index (χ0v) is 20.6. The molecule has 0 aliphatic carbocycles. The summed E-state index contributed by atoms with van der Waals surface area (Å²) in [7, 11) is 3.23. The molecule has 0 spiro atoms. The lowest BCUT2D eigenvalue weighted by atomic mass is 10.0. The van der Waals surface area contributed by atoms with Crippen LogP contribution in [-0.2, 0) is 17.6 Å². The second-order valence-corrected chi connectivity index (χ2v) is 8.10. The first kappa shape index (κ1) is 26.2. The van der Waals surface area contributed by atoms with Crippen molar-refractivity contribution in [2.45, 2.75) is 38.7 Å². The molecular weight excluding hydrogens is 448 g/mol. The van der Waals surface area contributed by atoms with Gasteiger partial charge in [0.2, 0.25) is 5.91 Å². The SMILES string of the molecule is CC#CCCOc1ccc(OCC(O)CNCCc2ccc(OC)c(OC)c2)c2c1NC(=O)CC2. The van der Waals surface area contributed by atoms with E-state index < -0.39 is 6.10 Å². The van der Waals surface area contributed by atoms with E-state index in [1.807, 2.05) is 24.3 Å². The number of benzene rings is 2. The first-order chi connectivity index (χ1) is 17.0. The van der Waals surface area contributed by atoms with Crippen LogP contribution >= 0.6 is 0 Å². The standard InChI is InChI=1S/C27H34N2O6/c1-4-5-6-15-34-24-11-10-22(21-8-12-26(31)29-27(21)24)35-18-20(30)17-28-14-13-19-7-9-23(32-2)25(16-19)33-3/h7,9-11,16,20,28,30H,6,8,12-15,17-18H2,1-3H3,(H,29,31). The Morgan fingerprint density at radius 2 is 1.83 bits per heavy atom. The molecule has 0 fully saturated rings.